The lowest BCUT2D eigenvalue weighted by Crippen LogP contribution is -2.52. The van der Waals surface area contributed by atoms with E-state index in [2.05, 4.69) is 32.2 Å². The van der Waals surface area contributed by atoms with Gasteiger partial charge in [-0.3, -0.25) is 14.4 Å². The molecule has 12 heteroatoms. The Bertz CT molecular complexity index is 1390. The normalized spacial score (nSPS) is 21.1. The van der Waals surface area contributed by atoms with Crippen LogP contribution in [0.1, 0.15) is 63.9 Å². The van der Waals surface area contributed by atoms with Gasteiger partial charge in [-0.1, -0.05) is 44.5 Å². The maximum atomic E-state index is 13.8. The fraction of sp³-hybridized carbons (Fsp3) is 0.533. The fourth-order valence-corrected chi connectivity index (χ4v) is 7.83. The van der Waals surface area contributed by atoms with Crippen LogP contribution in [0.5, 0.6) is 0 Å². The maximum absolute atomic E-state index is 13.8. The predicted octanol–water partition coefficient (Wildman–Crippen LogP) is 3.47. The van der Waals surface area contributed by atoms with E-state index in [4.69, 9.17) is 0 Å². The summed E-state index contributed by atoms with van der Waals surface area (Å²) < 4.78 is 30.1. The molecule has 3 heterocycles. The van der Waals surface area contributed by atoms with E-state index in [0.29, 0.717) is 13.0 Å². The van der Waals surface area contributed by atoms with Gasteiger partial charge in [0.15, 0.2) is 6.21 Å². The Morgan fingerprint density at radius 2 is 1.86 bits per heavy atom. The second-order valence-electron chi connectivity index (χ2n) is 11.5. The first-order valence-corrected chi connectivity index (χ1v) is 17.0. The van der Waals surface area contributed by atoms with E-state index in [-0.39, 0.29) is 28.4 Å². The molecule has 2 unspecified atom stereocenters. The van der Waals surface area contributed by atoms with E-state index in [1.807, 2.05) is 32.0 Å². The monoisotopic (exact) mass is 617 g/mol. The molecule has 0 spiro atoms. The second-order valence-corrected chi connectivity index (χ2v) is 14.4. The smallest absolute Gasteiger partial charge is 0.308 e. The predicted molar refractivity (Wildman–Crippen MR) is 162 cm³/mol. The third-order valence-electron chi connectivity index (χ3n) is 7.87. The van der Waals surface area contributed by atoms with Gasteiger partial charge in [0.05, 0.1) is 17.8 Å². The Balaban J connectivity index is 1.57. The highest BCUT2D eigenvalue weighted by molar-refractivity contribution is 7.91. The highest BCUT2D eigenvalue weighted by atomic mass is 32.2. The average Bonchev–Trinajstić information content (AvgIpc) is 3.60. The Labute approximate surface area is 251 Å². The average molecular weight is 618 g/mol. The van der Waals surface area contributed by atoms with Gasteiger partial charge in [-0.15, -0.1) is 11.3 Å². The number of fused-ring (bicyclic) bond motifs is 4. The number of nitrogens with one attached hydrogen (secondary N) is 3. The SMILES string of the molecule is CC(C)C[C@@H](C(=O)N[C@H]1CC2C=[N+](CCCCCCNC1=O)c1ccccc12)C(CNS(=O)(=O)c1cccs1)C(=O)O. The number of carboxylic acid groups (broad SMARTS) is 1. The van der Waals surface area contributed by atoms with Gasteiger partial charge in [-0.25, -0.2) is 17.7 Å². The number of carboxylic acids is 1. The van der Waals surface area contributed by atoms with Crippen molar-refractivity contribution in [2.75, 3.05) is 19.6 Å². The zero-order valence-corrected chi connectivity index (χ0v) is 25.8. The van der Waals surface area contributed by atoms with Crippen LogP contribution in [0.25, 0.3) is 0 Å². The fourth-order valence-electron chi connectivity index (χ4n) is 5.73. The number of carbonyl (C=O) groups is 3. The van der Waals surface area contributed by atoms with Gasteiger partial charge in [0.1, 0.15) is 16.8 Å². The van der Waals surface area contributed by atoms with Crippen molar-refractivity contribution in [1.82, 2.24) is 15.4 Å². The van der Waals surface area contributed by atoms with Crippen LogP contribution in [0.3, 0.4) is 0 Å². The van der Waals surface area contributed by atoms with Crippen molar-refractivity contribution in [2.24, 2.45) is 17.8 Å². The molecule has 0 fully saturated rings. The molecule has 2 aromatic rings. The Morgan fingerprint density at radius 3 is 2.57 bits per heavy atom. The Hall–Kier alpha value is -3.09. The number of sulfonamides is 1. The van der Waals surface area contributed by atoms with Crippen LogP contribution in [0, 0.1) is 17.8 Å². The quantitative estimate of drug-likeness (QED) is 0.301. The Kier molecular flexibility index (Phi) is 10.9. The maximum Gasteiger partial charge on any atom is 0.308 e. The summed E-state index contributed by atoms with van der Waals surface area (Å²) in [4.78, 5) is 39.7. The van der Waals surface area contributed by atoms with Gasteiger partial charge in [0, 0.05) is 31.1 Å². The molecule has 2 aliphatic heterocycles. The molecule has 4 rings (SSSR count). The summed E-state index contributed by atoms with van der Waals surface area (Å²) in [5, 5.41) is 17.6. The number of aliphatic carboxylic acids is 1. The van der Waals surface area contributed by atoms with E-state index in [9.17, 15) is 27.9 Å². The van der Waals surface area contributed by atoms with E-state index in [1.54, 1.807) is 11.4 Å². The molecule has 2 aliphatic rings. The molecule has 4 N–H and O–H groups in total. The number of nitrogens with zero attached hydrogens (tertiary/aromatic N) is 1. The molecule has 0 saturated heterocycles. The van der Waals surface area contributed by atoms with Crippen LogP contribution in [-0.2, 0) is 24.4 Å². The number of benzene rings is 1. The van der Waals surface area contributed by atoms with Crippen molar-refractivity contribution >= 4 is 51.0 Å². The van der Waals surface area contributed by atoms with Gasteiger partial charge >= 0.3 is 5.97 Å². The largest absolute Gasteiger partial charge is 0.481 e. The molecule has 228 valence electrons. The number of amides is 2. The molecule has 42 heavy (non-hydrogen) atoms. The van der Waals surface area contributed by atoms with Crippen molar-refractivity contribution in [3.8, 4) is 0 Å². The van der Waals surface area contributed by atoms with Crippen LogP contribution < -0.4 is 15.4 Å². The summed E-state index contributed by atoms with van der Waals surface area (Å²) in [7, 11) is -3.93. The first kappa shape index (κ1) is 31.8. The van der Waals surface area contributed by atoms with Gasteiger partial charge in [-0.2, -0.15) is 0 Å². The molecule has 2 bridgehead atoms. The van der Waals surface area contributed by atoms with Gasteiger partial charge in [-0.05, 0) is 43.0 Å². The lowest BCUT2D eigenvalue weighted by atomic mass is 9.84. The van der Waals surface area contributed by atoms with Crippen molar-refractivity contribution in [3.05, 3.63) is 47.3 Å². The first-order valence-electron chi connectivity index (χ1n) is 14.6. The molecular weight excluding hydrogens is 576 g/mol. The second kappa shape index (κ2) is 14.4. The van der Waals surface area contributed by atoms with Crippen LogP contribution in [0.2, 0.25) is 0 Å². The highest BCUT2D eigenvalue weighted by Gasteiger charge is 2.39. The standard InChI is InChI=1S/C30H40N4O6S2/c1-20(2)16-23(24(30(37)38)18-32-42(39,40)27-12-9-15-41-27)28(35)33-25-17-21-19-34(26-11-6-5-10-22(21)26)14-8-4-3-7-13-31-29(25)36/h5-6,9-12,15,19-21,23-25,32H,3-4,7-8,13-14,16-18H2,1-2H3,(H2-,31,33,35,36,37,38)/p+1/t21?,23-,24?,25+/m1/s1. The van der Waals surface area contributed by atoms with E-state index < -0.39 is 46.3 Å². The summed E-state index contributed by atoms with van der Waals surface area (Å²) in [6.45, 7) is 4.68. The number of hydrogen-bond donors (Lipinski definition) is 4. The molecule has 10 nitrogen and oxygen atoms in total. The summed E-state index contributed by atoms with van der Waals surface area (Å²) in [5.41, 5.74) is 2.19. The Morgan fingerprint density at radius 1 is 1.10 bits per heavy atom. The lowest BCUT2D eigenvalue weighted by molar-refractivity contribution is -0.433. The van der Waals surface area contributed by atoms with E-state index >= 15 is 0 Å². The summed E-state index contributed by atoms with van der Waals surface area (Å²) >= 11 is 1.02. The minimum absolute atomic E-state index is 0.0472. The summed E-state index contributed by atoms with van der Waals surface area (Å²) in [6.07, 6.45) is 6.56. The third-order valence-corrected chi connectivity index (χ3v) is 10.7. The molecule has 0 saturated carbocycles. The minimum atomic E-state index is -3.93. The van der Waals surface area contributed by atoms with Crippen LogP contribution >= 0.6 is 11.3 Å². The molecule has 1 aromatic heterocycles. The first-order chi connectivity index (χ1) is 20.1. The molecule has 1 aromatic carbocycles. The van der Waals surface area contributed by atoms with E-state index in [1.165, 1.54) is 6.07 Å². The molecule has 0 aliphatic carbocycles. The van der Waals surface area contributed by atoms with Crippen molar-refractivity contribution in [1.29, 1.82) is 0 Å². The zero-order valence-electron chi connectivity index (χ0n) is 24.1. The number of para-hydroxylation sites is 1. The number of carbonyl (C=O) groups excluding carboxylic acids is 2. The number of hydrogen-bond acceptors (Lipinski definition) is 6. The highest BCUT2D eigenvalue weighted by Crippen LogP contribution is 2.35. The number of thiophene rings is 1. The number of rotatable bonds is 10. The lowest BCUT2D eigenvalue weighted by Gasteiger charge is -2.28. The van der Waals surface area contributed by atoms with Crippen LogP contribution in [0.4, 0.5) is 5.69 Å². The summed E-state index contributed by atoms with van der Waals surface area (Å²) in [5.74, 6) is -4.68. The van der Waals surface area contributed by atoms with E-state index in [0.717, 1.165) is 54.8 Å². The van der Waals surface area contributed by atoms with Gasteiger partial charge in [0.25, 0.3) is 0 Å². The van der Waals surface area contributed by atoms with Gasteiger partial charge in [0.2, 0.25) is 27.5 Å². The van der Waals surface area contributed by atoms with Crippen LogP contribution in [-0.4, -0.2) is 67.8 Å². The minimum Gasteiger partial charge on any atom is -0.481 e. The molecule has 2 amide bonds. The van der Waals surface area contributed by atoms with Gasteiger partial charge < -0.3 is 15.7 Å². The topological polar surface area (TPSA) is 145 Å². The zero-order chi connectivity index (χ0) is 30.3. The third kappa shape index (κ3) is 8.05. The van der Waals surface area contributed by atoms with Crippen LogP contribution in [0.15, 0.2) is 46.0 Å². The van der Waals surface area contributed by atoms with Crippen molar-refractivity contribution in [2.45, 2.75) is 68.5 Å². The molecule has 4 atom stereocenters. The molecule has 0 radical (unpaired) electrons. The van der Waals surface area contributed by atoms with Crippen molar-refractivity contribution < 1.29 is 32.5 Å². The molecular formula is C30H41N4O6S2+. The van der Waals surface area contributed by atoms with Crippen molar-refractivity contribution in [3.63, 3.8) is 0 Å². The summed E-state index contributed by atoms with van der Waals surface area (Å²) in [6, 6.07) is 10.2.